The number of carbonyl (C=O) groups excluding carboxylic acids is 2. The van der Waals surface area contributed by atoms with Crippen LogP contribution >= 0.6 is 11.6 Å². The third-order valence-corrected chi connectivity index (χ3v) is 5.43. The Kier molecular flexibility index (Phi) is 6.70. The summed E-state index contributed by atoms with van der Waals surface area (Å²) in [5, 5.41) is 28.9. The fourth-order valence-electron chi connectivity index (χ4n) is 3.43. The number of hydrogen-bond donors (Lipinski definition) is 3. The van der Waals surface area contributed by atoms with Gasteiger partial charge in [0.2, 0.25) is 0 Å². The number of nitro groups is 1. The summed E-state index contributed by atoms with van der Waals surface area (Å²) < 4.78 is 0. The highest BCUT2D eigenvalue weighted by atomic mass is 35.5. The van der Waals surface area contributed by atoms with Gasteiger partial charge in [-0.1, -0.05) is 54.1 Å². The van der Waals surface area contributed by atoms with Gasteiger partial charge in [0.05, 0.1) is 16.2 Å². The first-order valence-corrected chi connectivity index (χ1v) is 10.6. The van der Waals surface area contributed by atoms with Crippen molar-refractivity contribution in [1.29, 1.82) is 0 Å². The van der Waals surface area contributed by atoms with Crippen LogP contribution in [0.2, 0.25) is 5.02 Å². The molecular formula is C25H17ClN4O5. The zero-order valence-electron chi connectivity index (χ0n) is 17.9. The lowest BCUT2D eigenvalue weighted by Gasteiger charge is -2.11. The van der Waals surface area contributed by atoms with Gasteiger partial charge in [-0.3, -0.25) is 19.7 Å². The summed E-state index contributed by atoms with van der Waals surface area (Å²) in [6.45, 7) is 0. The number of carbonyl (C=O) groups is 2. The van der Waals surface area contributed by atoms with E-state index in [1.165, 1.54) is 42.6 Å². The lowest BCUT2D eigenvalue weighted by molar-refractivity contribution is -0.385. The average molecular weight is 489 g/mol. The molecule has 2 amide bonds. The number of hydrazone groups is 1. The second kappa shape index (κ2) is 10.0. The van der Waals surface area contributed by atoms with Crippen LogP contribution in [0.4, 0.5) is 11.4 Å². The zero-order chi connectivity index (χ0) is 24.9. The molecule has 0 saturated heterocycles. The fourth-order valence-corrected chi connectivity index (χ4v) is 3.61. The molecule has 0 aliphatic rings. The first-order valence-electron chi connectivity index (χ1n) is 10.2. The number of halogens is 1. The highest BCUT2D eigenvalue weighted by molar-refractivity contribution is 6.32. The van der Waals surface area contributed by atoms with Crippen molar-refractivity contribution in [1.82, 2.24) is 5.43 Å². The number of phenols is 1. The van der Waals surface area contributed by atoms with Gasteiger partial charge < -0.3 is 10.4 Å². The molecule has 35 heavy (non-hydrogen) atoms. The Labute approximate surface area is 203 Å². The Hall–Kier alpha value is -4.76. The summed E-state index contributed by atoms with van der Waals surface area (Å²) in [5.41, 5.74) is 3.41. The predicted octanol–water partition coefficient (Wildman–Crippen LogP) is 5.12. The fraction of sp³-hybridized carbons (Fsp3) is 0. The molecule has 0 saturated carbocycles. The molecule has 0 unspecified atom stereocenters. The van der Waals surface area contributed by atoms with E-state index in [4.69, 9.17) is 11.6 Å². The number of nitrogens with one attached hydrogen (secondary N) is 2. The number of nitro benzene ring substituents is 1. The number of aromatic hydroxyl groups is 1. The minimum absolute atomic E-state index is 0.0473. The number of fused-ring (bicyclic) bond motifs is 1. The second-order valence-corrected chi connectivity index (χ2v) is 7.75. The standard InChI is InChI=1S/C25H17ClN4O5/c26-20-13-15(10-12-23(20)31)24(32)29-27-14-16-9-11-21(18-6-2-1-5-17(16)18)28-25(33)19-7-3-4-8-22(19)30(34)35/h1-14,31H,(H,28,33)(H,29,32)/b27-14+. The molecular weight excluding hydrogens is 472 g/mol. The number of rotatable bonds is 6. The van der Waals surface area contributed by atoms with Gasteiger partial charge >= 0.3 is 0 Å². The number of nitrogens with zero attached hydrogens (tertiary/aromatic N) is 2. The Morgan fingerprint density at radius 1 is 0.943 bits per heavy atom. The van der Waals surface area contributed by atoms with E-state index < -0.39 is 16.7 Å². The summed E-state index contributed by atoms with van der Waals surface area (Å²) in [7, 11) is 0. The molecule has 0 spiro atoms. The zero-order valence-corrected chi connectivity index (χ0v) is 18.7. The van der Waals surface area contributed by atoms with Gasteiger partial charge in [0.1, 0.15) is 11.3 Å². The molecule has 0 bridgehead atoms. The minimum Gasteiger partial charge on any atom is -0.506 e. The van der Waals surface area contributed by atoms with Crippen molar-refractivity contribution >= 4 is 51.8 Å². The van der Waals surface area contributed by atoms with Crippen LogP contribution in [0.25, 0.3) is 10.8 Å². The number of para-hydroxylation sites is 1. The van der Waals surface area contributed by atoms with Crippen LogP contribution in [0.5, 0.6) is 5.75 Å². The van der Waals surface area contributed by atoms with Gasteiger partial charge in [-0.05, 0) is 35.7 Å². The maximum absolute atomic E-state index is 12.8. The van der Waals surface area contributed by atoms with E-state index in [2.05, 4.69) is 15.8 Å². The molecule has 0 atom stereocenters. The number of anilines is 1. The van der Waals surface area contributed by atoms with Crippen molar-refractivity contribution < 1.29 is 19.6 Å². The van der Waals surface area contributed by atoms with E-state index in [1.807, 2.05) is 12.1 Å². The number of hydrogen-bond acceptors (Lipinski definition) is 6. The Bertz CT molecular complexity index is 1500. The summed E-state index contributed by atoms with van der Waals surface area (Å²) in [6.07, 6.45) is 1.45. The van der Waals surface area contributed by atoms with Crippen molar-refractivity contribution in [2.75, 3.05) is 5.32 Å². The van der Waals surface area contributed by atoms with E-state index in [0.717, 1.165) is 5.39 Å². The summed E-state index contributed by atoms with van der Waals surface area (Å²) in [5.74, 6) is -1.25. The van der Waals surface area contributed by atoms with Crippen LogP contribution in [0.3, 0.4) is 0 Å². The normalized spacial score (nSPS) is 10.9. The third kappa shape index (κ3) is 5.10. The molecule has 0 fully saturated rings. The quantitative estimate of drug-likeness (QED) is 0.197. The first-order chi connectivity index (χ1) is 16.8. The molecule has 4 aromatic carbocycles. The van der Waals surface area contributed by atoms with Crippen molar-refractivity contribution in [2.45, 2.75) is 0 Å². The van der Waals surface area contributed by atoms with Gasteiger partial charge in [-0.15, -0.1) is 0 Å². The lowest BCUT2D eigenvalue weighted by Crippen LogP contribution is -2.17. The van der Waals surface area contributed by atoms with Gasteiger partial charge in [-0.25, -0.2) is 5.43 Å². The molecule has 0 aromatic heterocycles. The predicted molar refractivity (Wildman–Crippen MR) is 133 cm³/mol. The van der Waals surface area contributed by atoms with E-state index in [1.54, 1.807) is 30.3 Å². The van der Waals surface area contributed by atoms with Crippen LogP contribution < -0.4 is 10.7 Å². The Morgan fingerprint density at radius 3 is 2.40 bits per heavy atom. The Morgan fingerprint density at radius 2 is 1.66 bits per heavy atom. The van der Waals surface area contributed by atoms with Gasteiger partial charge in [-0.2, -0.15) is 5.10 Å². The van der Waals surface area contributed by atoms with Crippen molar-refractivity contribution in [3.63, 3.8) is 0 Å². The summed E-state index contributed by atoms with van der Waals surface area (Å²) >= 11 is 5.84. The SMILES string of the molecule is O=C(N/N=C/c1ccc(NC(=O)c2ccccc2[N+](=O)[O-])c2ccccc12)c1ccc(O)c(Cl)c1. The van der Waals surface area contributed by atoms with E-state index in [0.29, 0.717) is 16.6 Å². The average Bonchev–Trinajstić information content (AvgIpc) is 2.86. The third-order valence-electron chi connectivity index (χ3n) is 5.13. The van der Waals surface area contributed by atoms with Gasteiger partial charge in [0.25, 0.3) is 17.5 Å². The largest absolute Gasteiger partial charge is 0.506 e. The van der Waals surface area contributed by atoms with Crippen LogP contribution in [-0.4, -0.2) is 28.1 Å². The van der Waals surface area contributed by atoms with Crippen molar-refractivity contribution in [2.24, 2.45) is 5.10 Å². The highest BCUT2D eigenvalue weighted by Gasteiger charge is 2.20. The number of amides is 2. The topological polar surface area (TPSA) is 134 Å². The Balaban J connectivity index is 1.57. The molecule has 0 radical (unpaired) electrons. The van der Waals surface area contributed by atoms with Crippen LogP contribution in [-0.2, 0) is 0 Å². The van der Waals surface area contributed by atoms with Crippen LogP contribution in [0, 0.1) is 10.1 Å². The molecule has 174 valence electrons. The van der Waals surface area contributed by atoms with Gasteiger partial charge in [0, 0.05) is 28.3 Å². The summed E-state index contributed by atoms with van der Waals surface area (Å²) in [4.78, 5) is 35.7. The smallest absolute Gasteiger partial charge is 0.282 e. The molecule has 4 aromatic rings. The molecule has 0 aliphatic heterocycles. The highest BCUT2D eigenvalue weighted by Crippen LogP contribution is 2.28. The van der Waals surface area contributed by atoms with Crippen molar-refractivity contribution in [3.8, 4) is 5.75 Å². The van der Waals surface area contributed by atoms with Crippen LogP contribution in [0.15, 0.2) is 84.0 Å². The maximum Gasteiger partial charge on any atom is 0.282 e. The summed E-state index contributed by atoms with van der Waals surface area (Å²) in [6, 6.07) is 20.3. The molecule has 10 heteroatoms. The van der Waals surface area contributed by atoms with Crippen LogP contribution in [0.1, 0.15) is 26.3 Å². The first kappa shape index (κ1) is 23.4. The maximum atomic E-state index is 12.8. The van der Waals surface area contributed by atoms with E-state index in [9.17, 15) is 24.8 Å². The molecule has 4 rings (SSSR count). The minimum atomic E-state index is -0.608. The second-order valence-electron chi connectivity index (χ2n) is 7.34. The van der Waals surface area contributed by atoms with Crippen molar-refractivity contribution in [3.05, 3.63) is 111 Å². The monoisotopic (exact) mass is 488 g/mol. The molecule has 0 aliphatic carbocycles. The lowest BCUT2D eigenvalue weighted by atomic mass is 10.0. The van der Waals surface area contributed by atoms with E-state index >= 15 is 0 Å². The molecule has 3 N–H and O–H groups in total. The molecule has 0 heterocycles. The number of phenolic OH excluding ortho intramolecular Hbond substituents is 1. The van der Waals surface area contributed by atoms with E-state index in [-0.39, 0.29) is 27.6 Å². The number of benzene rings is 4. The molecule has 9 nitrogen and oxygen atoms in total. The van der Waals surface area contributed by atoms with Gasteiger partial charge in [0.15, 0.2) is 0 Å².